The van der Waals surface area contributed by atoms with Gasteiger partial charge in [-0.15, -0.1) is 0 Å². The van der Waals surface area contributed by atoms with Gasteiger partial charge in [-0.25, -0.2) is 4.79 Å². The number of methoxy groups -OCH3 is 2. The van der Waals surface area contributed by atoms with Gasteiger partial charge in [0.2, 0.25) is 0 Å². The fourth-order valence-corrected chi connectivity index (χ4v) is 3.93. The van der Waals surface area contributed by atoms with Crippen LogP contribution in [0.4, 0.5) is 10.5 Å². The van der Waals surface area contributed by atoms with Crippen molar-refractivity contribution in [2.75, 3.05) is 25.7 Å². The Hall–Kier alpha value is -2.89. The van der Waals surface area contributed by atoms with Gasteiger partial charge in [-0.3, -0.25) is 4.90 Å². The first-order valence-electron chi connectivity index (χ1n) is 9.48. The molecule has 1 heterocycles. The molecule has 150 valence electrons. The maximum absolute atomic E-state index is 12.6. The quantitative estimate of drug-likeness (QED) is 0.821. The minimum atomic E-state index is -0.362. The minimum Gasteiger partial charge on any atom is -0.508 e. The summed E-state index contributed by atoms with van der Waals surface area (Å²) in [5, 5.41) is 9.81. The molecule has 2 aromatic carbocycles. The number of anilines is 1. The molecule has 0 aromatic heterocycles. The van der Waals surface area contributed by atoms with Gasteiger partial charge in [0.1, 0.15) is 5.75 Å². The summed E-state index contributed by atoms with van der Waals surface area (Å²) in [5.41, 5.74) is 2.83. The first-order chi connectivity index (χ1) is 13.5. The van der Waals surface area contributed by atoms with Crippen molar-refractivity contribution in [1.29, 1.82) is 0 Å². The average molecular weight is 385 g/mol. The zero-order valence-corrected chi connectivity index (χ0v) is 16.8. The molecule has 0 bridgehead atoms. The maximum atomic E-state index is 12.6. The van der Waals surface area contributed by atoms with Gasteiger partial charge < -0.3 is 19.3 Å². The number of aromatic hydroxyl groups is 1. The van der Waals surface area contributed by atoms with Gasteiger partial charge in [0.05, 0.1) is 26.5 Å². The van der Waals surface area contributed by atoms with E-state index in [-0.39, 0.29) is 23.8 Å². The summed E-state index contributed by atoms with van der Waals surface area (Å²) in [6, 6.07) is 11.0. The van der Waals surface area contributed by atoms with E-state index in [4.69, 9.17) is 14.2 Å². The number of amides is 1. The lowest BCUT2D eigenvalue weighted by Gasteiger charge is -2.39. The number of ether oxygens (including phenoxy) is 3. The van der Waals surface area contributed by atoms with Crippen molar-refractivity contribution in [1.82, 2.24) is 0 Å². The van der Waals surface area contributed by atoms with E-state index in [1.165, 1.54) is 0 Å². The lowest BCUT2D eigenvalue weighted by Crippen LogP contribution is -2.43. The zero-order valence-electron chi connectivity index (χ0n) is 16.8. The monoisotopic (exact) mass is 385 g/mol. The third kappa shape index (κ3) is 3.86. The van der Waals surface area contributed by atoms with E-state index < -0.39 is 0 Å². The summed E-state index contributed by atoms with van der Waals surface area (Å²) >= 11 is 0. The van der Waals surface area contributed by atoms with Crippen LogP contribution in [0.25, 0.3) is 0 Å². The average Bonchev–Trinajstić information content (AvgIpc) is 2.67. The lowest BCUT2D eigenvalue weighted by molar-refractivity contribution is 0.156. The van der Waals surface area contributed by atoms with Gasteiger partial charge in [-0.05, 0) is 61.9 Å². The fourth-order valence-electron chi connectivity index (χ4n) is 3.93. The molecule has 2 unspecified atom stereocenters. The fraction of sp³-hybridized carbons (Fsp3) is 0.409. The molecule has 2 aromatic rings. The summed E-state index contributed by atoms with van der Waals surface area (Å²) < 4.78 is 16.2. The Labute approximate surface area is 165 Å². The highest BCUT2D eigenvalue weighted by atomic mass is 16.6. The lowest BCUT2D eigenvalue weighted by atomic mass is 9.82. The molecular weight excluding hydrogens is 358 g/mol. The van der Waals surface area contributed by atoms with Gasteiger partial charge in [-0.2, -0.15) is 0 Å². The summed E-state index contributed by atoms with van der Waals surface area (Å²) in [5.74, 6) is 1.61. The smallest absolute Gasteiger partial charge is 0.414 e. The number of rotatable bonds is 5. The van der Waals surface area contributed by atoms with Gasteiger partial charge in [0.15, 0.2) is 11.5 Å². The van der Waals surface area contributed by atoms with Gasteiger partial charge in [0.25, 0.3) is 0 Å². The summed E-state index contributed by atoms with van der Waals surface area (Å²) in [7, 11) is 3.18. The van der Waals surface area contributed by atoms with Crippen molar-refractivity contribution in [3.63, 3.8) is 0 Å². The SMILES string of the molecule is CCOC(=O)N1c2cc(OC)c(OC)cc2C(Cc2cccc(O)c2)CC1C. The molecule has 1 aliphatic rings. The van der Waals surface area contributed by atoms with Crippen molar-refractivity contribution >= 4 is 11.8 Å². The summed E-state index contributed by atoms with van der Waals surface area (Å²) in [6.45, 7) is 4.14. The number of phenolic OH excluding ortho intramolecular Hbond substituents is 1. The minimum absolute atomic E-state index is 0.0352. The van der Waals surface area contributed by atoms with Crippen LogP contribution in [-0.2, 0) is 11.2 Å². The normalized spacial score (nSPS) is 18.4. The molecule has 1 N–H and O–H groups in total. The predicted octanol–water partition coefficient (Wildman–Crippen LogP) is 4.49. The molecule has 0 fully saturated rings. The highest BCUT2D eigenvalue weighted by Crippen LogP contribution is 2.45. The van der Waals surface area contributed by atoms with Crippen LogP contribution in [0, 0.1) is 0 Å². The Balaban J connectivity index is 2.07. The maximum Gasteiger partial charge on any atom is 0.414 e. The number of fused-ring (bicyclic) bond motifs is 1. The predicted molar refractivity (Wildman–Crippen MR) is 108 cm³/mol. The van der Waals surface area contributed by atoms with Crippen molar-refractivity contribution in [2.24, 2.45) is 0 Å². The number of carbonyl (C=O) groups excluding carboxylic acids is 1. The van der Waals surface area contributed by atoms with Crippen LogP contribution in [0.5, 0.6) is 17.2 Å². The van der Waals surface area contributed by atoms with Gasteiger partial charge in [0, 0.05) is 12.1 Å². The molecule has 6 heteroatoms. The third-order valence-corrected chi connectivity index (χ3v) is 5.16. The molecule has 3 rings (SSSR count). The van der Waals surface area contributed by atoms with Crippen molar-refractivity contribution in [2.45, 2.75) is 38.6 Å². The van der Waals surface area contributed by atoms with E-state index in [0.29, 0.717) is 18.1 Å². The Bertz CT molecular complexity index is 851. The van der Waals surface area contributed by atoms with Crippen LogP contribution < -0.4 is 14.4 Å². The van der Waals surface area contributed by atoms with E-state index in [0.717, 1.165) is 29.7 Å². The summed E-state index contributed by atoms with van der Waals surface area (Å²) in [4.78, 5) is 14.3. The zero-order chi connectivity index (χ0) is 20.3. The first kappa shape index (κ1) is 19.9. The Morgan fingerprint density at radius 3 is 2.54 bits per heavy atom. The third-order valence-electron chi connectivity index (χ3n) is 5.16. The molecule has 28 heavy (non-hydrogen) atoms. The van der Waals surface area contributed by atoms with Gasteiger partial charge >= 0.3 is 6.09 Å². The van der Waals surface area contributed by atoms with E-state index in [9.17, 15) is 9.90 Å². The van der Waals surface area contributed by atoms with Crippen LogP contribution in [0.2, 0.25) is 0 Å². The second-order valence-electron chi connectivity index (χ2n) is 6.99. The van der Waals surface area contributed by atoms with E-state index in [2.05, 4.69) is 0 Å². The van der Waals surface area contributed by atoms with Crippen LogP contribution in [0.1, 0.15) is 37.3 Å². The Morgan fingerprint density at radius 1 is 1.18 bits per heavy atom. The largest absolute Gasteiger partial charge is 0.508 e. The number of phenols is 1. The first-order valence-corrected chi connectivity index (χ1v) is 9.48. The number of hydrogen-bond acceptors (Lipinski definition) is 5. The van der Waals surface area contributed by atoms with Crippen LogP contribution in [0.3, 0.4) is 0 Å². The molecule has 0 radical (unpaired) electrons. The van der Waals surface area contributed by atoms with Crippen molar-refractivity contribution in [3.8, 4) is 17.2 Å². The van der Waals surface area contributed by atoms with E-state index in [1.807, 2.05) is 31.2 Å². The van der Waals surface area contributed by atoms with Crippen LogP contribution >= 0.6 is 0 Å². The number of benzene rings is 2. The molecular formula is C22H27NO5. The number of hydrogen-bond donors (Lipinski definition) is 1. The second kappa shape index (κ2) is 8.42. The van der Waals surface area contributed by atoms with E-state index >= 15 is 0 Å². The molecule has 0 aliphatic carbocycles. The standard InChI is InChI=1S/C22H27NO5/c1-5-28-22(25)23-14(2)9-16(10-15-7-6-8-17(24)11-15)18-12-20(26-3)21(27-4)13-19(18)23/h6-8,11-14,16,24H,5,9-10H2,1-4H3. The number of nitrogens with zero attached hydrogens (tertiary/aromatic N) is 1. The second-order valence-corrected chi connectivity index (χ2v) is 6.99. The Morgan fingerprint density at radius 2 is 1.89 bits per heavy atom. The van der Waals surface area contributed by atoms with Crippen LogP contribution in [0.15, 0.2) is 36.4 Å². The molecule has 0 saturated heterocycles. The van der Waals surface area contributed by atoms with E-state index in [1.54, 1.807) is 38.2 Å². The number of carbonyl (C=O) groups is 1. The van der Waals surface area contributed by atoms with Crippen LogP contribution in [-0.4, -0.2) is 38.1 Å². The molecule has 2 atom stereocenters. The van der Waals surface area contributed by atoms with Crippen molar-refractivity contribution < 1.29 is 24.1 Å². The molecule has 1 aliphatic heterocycles. The van der Waals surface area contributed by atoms with Crippen molar-refractivity contribution in [3.05, 3.63) is 47.5 Å². The highest BCUT2D eigenvalue weighted by molar-refractivity contribution is 5.91. The summed E-state index contributed by atoms with van der Waals surface area (Å²) in [6.07, 6.45) is 1.16. The molecule has 0 saturated carbocycles. The molecule has 0 spiro atoms. The Kier molecular flexibility index (Phi) is 5.97. The topological polar surface area (TPSA) is 68.2 Å². The van der Waals surface area contributed by atoms with Gasteiger partial charge in [-0.1, -0.05) is 12.1 Å². The molecule has 6 nitrogen and oxygen atoms in total. The molecule has 1 amide bonds. The highest BCUT2D eigenvalue weighted by Gasteiger charge is 2.36.